The third-order valence-electron chi connectivity index (χ3n) is 2.04. The molecule has 0 atom stereocenters. The second-order valence-electron chi connectivity index (χ2n) is 3.37. The van der Waals surface area contributed by atoms with Gasteiger partial charge in [-0.2, -0.15) is 0 Å². The molecular weight excluding hydrogens is 158 g/mol. The van der Waals surface area contributed by atoms with Gasteiger partial charge in [0.25, 0.3) is 0 Å². The van der Waals surface area contributed by atoms with Crippen LogP contribution in [-0.2, 0) is 0 Å². The molecule has 13 heavy (non-hydrogen) atoms. The van der Waals surface area contributed by atoms with Crippen LogP contribution in [0.25, 0.3) is 0 Å². The maximum atomic E-state index is 3.77. The number of nitrogens with zero attached hydrogens (tertiary/aromatic N) is 1. The van der Waals surface area contributed by atoms with Gasteiger partial charge in [0.2, 0.25) is 0 Å². The predicted molar refractivity (Wildman–Crippen MR) is 59.1 cm³/mol. The second kappa shape index (κ2) is 4.70. The molecule has 0 radical (unpaired) electrons. The number of benzene rings is 1. The summed E-state index contributed by atoms with van der Waals surface area (Å²) in [5.74, 6) is 0. The zero-order valence-electron chi connectivity index (χ0n) is 8.40. The third kappa shape index (κ3) is 2.62. The molecule has 0 aliphatic heterocycles. The number of hydrogen-bond donors (Lipinski definition) is 0. The van der Waals surface area contributed by atoms with E-state index in [1.54, 1.807) is 0 Å². The molecule has 0 aromatic heterocycles. The van der Waals surface area contributed by atoms with Crippen LogP contribution in [0.15, 0.2) is 43.0 Å². The van der Waals surface area contributed by atoms with Crippen molar-refractivity contribution in [2.24, 2.45) is 0 Å². The Morgan fingerprint density at radius 2 is 1.92 bits per heavy atom. The monoisotopic (exact) mass is 175 g/mol. The molecule has 70 valence electrons. The topological polar surface area (TPSA) is 3.24 Å². The van der Waals surface area contributed by atoms with Crippen molar-refractivity contribution in [3.05, 3.63) is 43.0 Å². The van der Waals surface area contributed by atoms with Gasteiger partial charge in [0, 0.05) is 18.3 Å². The van der Waals surface area contributed by atoms with Crippen LogP contribution in [0.3, 0.4) is 0 Å². The minimum absolute atomic E-state index is 0.514. The van der Waals surface area contributed by atoms with Gasteiger partial charge in [-0.25, -0.2) is 0 Å². The number of para-hydroxylation sites is 1. The highest BCUT2D eigenvalue weighted by molar-refractivity contribution is 5.47. The van der Waals surface area contributed by atoms with Crippen LogP contribution < -0.4 is 4.90 Å². The smallest absolute Gasteiger partial charge is 0.0371 e. The molecule has 0 saturated heterocycles. The first kappa shape index (κ1) is 9.85. The standard InChI is InChI=1S/C12H17N/c1-4-10-13(11(2)3)12-8-6-5-7-9-12/h4-9,11H,1,10H2,2-3H3. The molecule has 1 aromatic carbocycles. The minimum Gasteiger partial charge on any atom is -0.365 e. The lowest BCUT2D eigenvalue weighted by Gasteiger charge is -2.27. The molecule has 0 heterocycles. The molecule has 0 saturated carbocycles. The molecular formula is C12H17N. The Labute approximate surface area is 80.7 Å². The molecule has 0 bridgehead atoms. The quantitative estimate of drug-likeness (QED) is 0.636. The first-order valence-corrected chi connectivity index (χ1v) is 4.68. The largest absolute Gasteiger partial charge is 0.365 e. The summed E-state index contributed by atoms with van der Waals surface area (Å²) in [6.45, 7) is 9.05. The molecule has 1 nitrogen and oxygen atoms in total. The van der Waals surface area contributed by atoms with E-state index in [1.165, 1.54) is 5.69 Å². The number of hydrogen-bond acceptors (Lipinski definition) is 1. The Bertz CT molecular complexity index is 251. The Balaban J connectivity index is 2.82. The van der Waals surface area contributed by atoms with E-state index in [1.807, 2.05) is 12.1 Å². The molecule has 0 amide bonds. The molecule has 0 aliphatic carbocycles. The second-order valence-corrected chi connectivity index (χ2v) is 3.37. The van der Waals surface area contributed by atoms with E-state index in [-0.39, 0.29) is 0 Å². The average Bonchev–Trinajstić information content (AvgIpc) is 2.15. The maximum absolute atomic E-state index is 3.77. The zero-order chi connectivity index (χ0) is 9.68. The van der Waals surface area contributed by atoms with Gasteiger partial charge in [-0.05, 0) is 26.0 Å². The summed E-state index contributed by atoms with van der Waals surface area (Å²) < 4.78 is 0. The highest BCUT2D eigenvalue weighted by Crippen LogP contribution is 2.15. The van der Waals surface area contributed by atoms with Crippen LogP contribution in [-0.4, -0.2) is 12.6 Å². The van der Waals surface area contributed by atoms with Crippen LogP contribution >= 0.6 is 0 Å². The van der Waals surface area contributed by atoms with Gasteiger partial charge < -0.3 is 4.90 Å². The highest BCUT2D eigenvalue weighted by Gasteiger charge is 2.06. The van der Waals surface area contributed by atoms with Gasteiger partial charge in [0.1, 0.15) is 0 Å². The van der Waals surface area contributed by atoms with Crippen LogP contribution in [0.1, 0.15) is 13.8 Å². The average molecular weight is 175 g/mol. The normalized spacial score (nSPS) is 10.1. The Morgan fingerprint density at radius 1 is 1.31 bits per heavy atom. The fourth-order valence-corrected chi connectivity index (χ4v) is 1.37. The van der Waals surface area contributed by atoms with Crippen molar-refractivity contribution in [2.75, 3.05) is 11.4 Å². The fourth-order valence-electron chi connectivity index (χ4n) is 1.37. The predicted octanol–water partition coefficient (Wildman–Crippen LogP) is 3.09. The Morgan fingerprint density at radius 3 is 2.38 bits per heavy atom. The van der Waals surface area contributed by atoms with Gasteiger partial charge in [-0.15, -0.1) is 6.58 Å². The molecule has 0 N–H and O–H groups in total. The van der Waals surface area contributed by atoms with Gasteiger partial charge in [-0.1, -0.05) is 24.3 Å². The maximum Gasteiger partial charge on any atom is 0.0371 e. The zero-order valence-corrected chi connectivity index (χ0v) is 8.40. The van der Waals surface area contributed by atoms with Crippen LogP contribution in [0.2, 0.25) is 0 Å². The summed E-state index contributed by atoms with van der Waals surface area (Å²) in [7, 11) is 0. The number of rotatable bonds is 4. The summed E-state index contributed by atoms with van der Waals surface area (Å²) in [6.07, 6.45) is 1.94. The van der Waals surface area contributed by atoms with Crippen LogP contribution in [0, 0.1) is 0 Å². The molecule has 1 heteroatoms. The molecule has 0 aliphatic rings. The van der Waals surface area contributed by atoms with Crippen molar-refractivity contribution in [3.63, 3.8) is 0 Å². The molecule has 0 fully saturated rings. The molecule has 0 unspecified atom stereocenters. The first-order chi connectivity index (χ1) is 6.25. The third-order valence-corrected chi connectivity index (χ3v) is 2.04. The van der Waals surface area contributed by atoms with Crippen molar-refractivity contribution in [3.8, 4) is 0 Å². The summed E-state index contributed by atoms with van der Waals surface area (Å²) >= 11 is 0. The van der Waals surface area contributed by atoms with Gasteiger partial charge in [-0.3, -0.25) is 0 Å². The van der Waals surface area contributed by atoms with E-state index in [0.29, 0.717) is 6.04 Å². The van der Waals surface area contributed by atoms with E-state index < -0.39 is 0 Å². The van der Waals surface area contributed by atoms with Crippen molar-refractivity contribution < 1.29 is 0 Å². The lowest BCUT2D eigenvalue weighted by molar-refractivity contribution is 0.723. The van der Waals surface area contributed by atoms with Crippen molar-refractivity contribution in [1.82, 2.24) is 0 Å². The Hall–Kier alpha value is -1.24. The van der Waals surface area contributed by atoms with Gasteiger partial charge >= 0.3 is 0 Å². The summed E-state index contributed by atoms with van der Waals surface area (Å²) in [4.78, 5) is 2.31. The SMILES string of the molecule is C=CCN(c1ccccc1)C(C)C. The van der Waals surface area contributed by atoms with Crippen molar-refractivity contribution >= 4 is 5.69 Å². The fraction of sp³-hybridized carbons (Fsp3) is 0.333. The van der Waals surface area contributed by atoms with Gasteiger partial charge in [0.15, 0.2) is 0 Å². The van der Waals surface area contributed by atoms with Gasteiger partial charge in [0.05, 0.1) is 0 Å². The van der Waals surface area contributed by atoms with E-state index in [4.69, 9.17) is 0 Å². The van der Waals surface area contributed by atoms with Crippen molar-refractivity contribution in [2.45, 2.75) is 19.9 Å². The van der Waals surface area contributed by atoms with Crippen molar-refractivity contribution in [1.29, 1.82) is 0 Å². The Kier molecular flexibility index (Phi) is 3.56. The minimum atomic E-state index is 0.514. The molecule has 1 aromatic rings. The van der Waals surface area contributed by atoms with E-state index in [0.717, 1.165) is 6.54 Å². The lowest BCUT2D eigenvalue weighted by atomic mass is 10.2. The van der Waals surface area contributed by atoms with E-state index in [2.05, 4.69) is 49.6 Å². The van der Waals surface area contributed by atoms with Crippen LogP contribution in [0.4, 0.5) is 5.69 Å². The summed E-state index contributed by atoms with van der Waals surface area (Å²) in [5, 5.41) is 0. The highest BCUT2D eigenvalue weighted by atomic mass is 15.1. The lowest BCUT2D eigenvalue weighted by Crippen LogP contribution is -2.30. The first-order valence-electron chi connectivity index (χ1n) is 4.68. The van der Waals surface area contributed by atoms with E-state index >= 15 is 0 Å². The summed E-state index contributed by atoms with van der Waals surface area (Å²) in [6, 6.07) is 10.9. The van der Waals surface area contributed by atoms with E-state index in [9.17, 15) is 0 Å². The number of anilines is 1. The molecule has 1 rings (SSSR count). The summed E-state index contributed by atoms with van der Waals surface area (Å²) in [5.41, 5.74) is 1.26. The van der Waals surface area contributed by atoms with Crippen LogP contribution in [0.5, 0.6) is 0 Å². The molecule has 0 spiro atoms.